The standard InChI is InChI=1S/C19H23N5O3S/c1-3-16-21-23(10-17(25)22-6-4-12(5-7-22)18(20)26)19(27)14-9-15-13(24(14)16)8-11(2)28-15/h8-9,12H,3-7,10H2,1-2H3,(H2,20,26). The van der Waals surface area contributed by atoms with Crippen molar-refractivity contribution < 1.29 is 9.59 Å². The molecule has 2 amide bonds. The van der Waals surface area contributed by atoms with Crippen LogP contribution < -0.4 is 11.3 Å². The Morgan fingerprint density at radius 2 is 1.96 bits per heavy atom. The Bertz CT molecular complexity index is 1130. The van der Waals surface area contributed by atoms with E-state index in [9.17, 15) is 14.4 Å². The molecule has 0 spiro atoms. The predicted molar refractivity (Wildman–Crippen MR) is 107 cm³/mol. The van der Waals surface area contributed by atoms with Gasteiger partial charge < -0.3 is 10.6 Å². The van der Waals surface area contributed by atoms with Gasteiger partial charge in [0, 0.05) is 30.3 Å². The molecule has 9 heteroatoms. The summed E-state index contributed by atoms with van der Waals surface area (Å²) >= 11 is 1.64. The molecule has 0 aliphatic carbocycles. The largest absolute Gasteiger partial charge is 0.369 e. The van der Waals surface area contributed by atoms with E-state index in [0.717, 1.165) is 16.0 Å². The van der Waals surface area contributed by atoms with E-state index in [1.54, 1.807) is 16.2 Å². The SMILES string of the molecule is CCc1nn(CC(=O)N2CCC(C(N)=O)CC2)c(=O)c2cc3sc(C)cc3n12. The molecule has 0 aromatic carbocycles. The fraction of sp³-hybridized carbons (Fsp3) is 0.474. The molecular formula is C19H23N5O3S. The highest BCUT2D eigenvalue weighted by molar-refractivity contribution is 7.19. The summed E-state index contributed by atoms with van der Waals surface area (Å²) in [5.41, 5.74) is 6.63. The van der Waals surface area contributed by atoms with Crippen LogP contribution in [0.15, 0.2) is 16.9 Å². The molecule has 0 bridgehead atoms. The third-order valence-corrected chi connectivity index (χ3v) is 6.40. The fourth-order valence-electron chi connectivity index (χ4n) is 3.89. The highest BCUT2D eigenvalue weighted by Gasteiger charge is 2.26. The number of hydrogen-bond donors (Lipinski definition) is 1. The van der Waals surface area contributed by atoms with Crippen molar-refractivity contribution in [2.24, 2.45) is 11.7 Å². The first-order valence-electron chi connectivity index (χ1n) is 9.47. The lowest BCUT2D eigenvalue weighted by atomic mass is 9.96. The first kappa shape index (κ1) is 18.7. The summed E-state index contributed by atoms with van der Waals surface area (Å²) in [6.07, 6.45) is 1.78. The zero-order valence-electron chi connectivity index (χ0n) is 16.0. The van der Waals surface area contributed by atoms with Crippen LogP contribution in [0.5, 0.6) is 0 Å². The predicted octanol–water partition coefficient (Wildman–Crippen LogP) is 1.31. The minimum absolute atomic E-state index is 0.0958. The van der Waals surface area contributed by atoms with E-state index in [1.165, 1.54) is 9.56 Å². The second-order valence-corrected chi connectivity index (χ2v) is 8.55. The molecule has 3 aromatic rings. The highest BCUT2D eigenvalue weighted by atomic mass is 32.1. The summed E-state index contributed by atoms with van der Waals surface area (Å²) in [7, 11) is 0. The number of carbonyl (C=O) groups is 2. The number of amides is 2. The number of hydrogen-bond acceptors (Lipinski definition) is 5. The van der Waals surface area contributed by atoms with Gasteiger partial charge in [-0.3, -0.25) is 18.8 Å². The van der Waals surface area contributed by atoms with Gasteiger partial charge in [0.15, 0.2) is 0 Å². The molecule has 4 rings (SSSR count). The van der Waals surface area contributed by atoms with E-state index >= 15 is 0 Å². The summed E-state index contributed by atoms with van der Waals surface area (Å²) in [4.78, 5) is 39.8. The first-order valence-corrected chi connectivity index (χ1v) is 10.3. The maximum absolute atomic E-state index is 13.0. The number of nitrogens with zero attached hydrogens (tertiary/aromatic N) is 4. The number of carbonyl (C=O) groups excluding carboxylic acids is 2. The Morgan fingerprint density at radius 3 is 2.61 bits per heavy atom. The van der Waals surface area contributed by atoms with Crippen molar-refractivity contribution in [3.05, 3.63) is 33.2 Å². The molecule has 0 radical (unpaired) electrons. The average molecular weight is 401 g/mol. The fourth-order valence-corrected chi connectivity index (χ4v) is 4.83. The van der Waals surface area contributed by atoms with Crippen LogP contribution in [0, 0.1) is 12.8 Å². The number of aryl methyl sites for hydroxylation is 2. The molecule has 148 valence electrons. The van der Waals surface area contributed by atoms with Gasteiger partial charge in [0.2, 0.25) is 11.8 Å². The van der Waals surface area contributed by atoms with Crippen LogP contribution >= 0.6 is 11.3 Å². The maximum atomic E-state index is 13.0. The first-order chi connectivity index (χ1) is 13.4. The minimum atomic E-state index is -0.313. The Balaban J connectivity index is 1.64. The number of thiophene rings is 1. The maximum Gasteiger partial charge on any atom is 0.291 e. The Morgan fingerprint density at radius 1 is 1.25 bits per heavy atom. The topological polar surface area (TPSA) is 103 Å². The number of rotatable bonds is 4. The Kier molecular flexibility index (Phi) is 4.70. The van der Waals surface area contributed by atoms with Gasteiger partial charge in [0.05, 0.1) is 10.2 Å². The van der Waals surface area contributed by atoms with Crippen molar-refractivity contribution in [3.8, 4) is 0 Å². The van der Waals surface area contributed by atoms with Crippen molar-refractivity contribution in [1.82, 2.24) is 19.1 Å². The van der Waals surface area contributed by atoms with Crippen LogP contribution in [-0.2, 0) is 22.6 Å². The van der Waals surface area contributed by atoms with E-state index in [1.807, 2.05) is 24.3 Å². The molecule has 3 aromatic heterocycles. The van der Waals surface area contributed by atoms with Gasteiger partial charge in [0.1, 0.15) is 17.9 Å². The second kappa shape index (κ2) is 7.05. The lowest BCUT2D eigenvalue weighted by Crippen LogP contribution is -2.44. The molecule has 0 saturated carbocycles. The number of piperidine rings is 1. The number of aromatic nitrogens is 3. The molecule has 8 nitrogen and oxygen atoms in total. The molecule has 2 N–H and O–H groups in total. The zero-order chi connectivity index (χ0) is 20.0. The van der Waals surface area contributed by atoms with E-state index < -0.39 is 0 Å². The summed E-state index contributed by atoms with van der Waals surface area (Å²) in [5.74, 6) is 0.104. The number of nitrogens with two attached hydrogens (primary N) is 1. The Hall–Kier alpha value is -2.68. The molecule has 0 atom stereocenters. The van der Waals surface area contributed by atoms with Crippen LogP contribution in [0.1, 0.15) is 30.5 Å². The van der Waals surface area contributed by atoms with E-state index in [-0.39, 0.29) is 29.8 Å². The van der Waals surface area contributed by atoms with Gasteiger partial charge in [0.25, 0.3) is 5.56 Å². The van der Waals surface area contributed by atoms with Crippen LogP contribution in [0.4, 0.5) is 0 Å². The van der Waals surface area contributed by atoms with Crippen molar-refractivity contribution in [1.29, 1.82) is 0 Å². The lowest BCUT2D eigenvalue weighted by Gasteiger charge is -2.30. The molecule has 0 unspecified atom stereocenters. The second-order valence-electron chi connectivity index (χ2n) is 7.26. The van der Waals surface area contributed by atoms with Crippen molar-refractivity contribution in [2.45, 2.75) is 39.7 Å². The molecule has 28 heavy (non-hydrogen) atoms. The van der Waals surface area contributed by atoms with Crippen LogP contribution in [0.3, 0.4) is 0 Å². The normalized spacial score (nSPS) is 15.6. The monoisotopic (exact) mass is 401 g/mol. The molecule has 1 aliphatic rings. The van der Waals surface area contributed by atoms with Gasteiger partial charge in [-0.05, 0) is 31.9 Å². The van der Waals surface area contributed by atoms with Crippen molar-refractivity contribution in [3.63, 3.8) is 0 Å². The highest BCUT2D eigenvalue weighted by Crippen LogP contribution is 2.28. The summed E-state index contributed by atoms with van der Waals surface area (Å²) in [6.45, 7) is 4.88. The molecule has 4 heterocycles. The van der Waals surface area contributed by atoms with Crippen LogP contribution in [0.2, 0.25) is 0 Å². The summed E-state index contributed by atoms with van der Waals surface area (Å²) in [5, 5.41) is 4.48. The molecule has 1 aliphatic heterocycles. The smallest absolute Gasteiger partial charge is 0.291 e. The van der Waals surface area contributed by atoms with Gasteiger partial charge >= 0.3 is 0 Å². The molecule has 1 saturated heterocycles. The van der Waals surface area contributed by atoms with Crippen LogP contribution in [-0.4, -0.2) is 44.0 Å². The van der Waals surface area contributed by atoms with Crippen molar-refractivity contribution >= 4 is 38.9 Å². The van der Waals surface area contributed by atoms with E-state index in [2.05, 4.69) is 11.2 Å². The molecule has 1 fully saturated rings. The van der Waals surface area contributed by atoms with Crippen LogP contribution in [0.25, 0.3) is 15.7 Å². The third kappa shape index (κ3) is 3.09. The zero-order valence-corrected chi connectivity index (χ0v) is 16.8. The molecular weight excluding hydrogens is 378 g/mol. The van der Waals surface area contributed by atoms with E-state index in [4.69, 9.17) is 5.73 Å². The van der Waals surface area contributed by atoms with Gasteiger partial charge in [-0.25, -0.2) is 4.68 Å². The van der Waals surface area contributed by atoms with E-state index in [0.29, 0.717) is 37.9 Å². The number of fused-ring (bicyclic) bond motifs is 3. The summed E-state index contributed by atoms with van der Waals surface area (Å²) < 4.78 is 4.22. The van der Waals surface area contributed by atoms with Crippen molar-refractivity contribution in [2.75, 3.05) is 13.1 Å². The third-order valence-electron chi connectivity index (χ3n) is 5.41. The number of primary amides is 1. The summed E-state index contributed by atoms with van der Waals surface area (Å²) in [6, 6.07) is 3.95. The lowest BCUT2D eigenvalue weighted by molar-refractivity contribution is -0.135. The minimum Gasteiger partial charge on any atom is -0.369 e. The average Bonchev–Trinajstić information content (AvgIpc) is 3.20. The Labute approximate surface area is 165 Å². The number of likely N-dealkylation sites (tertiary alicyclic amines) is 1. The van der Waals surface area contributed by atoms with Gasteiger partial charge in [-0.1, -0.05) is 6.92 Å². The van der Waals surface area contributed by atoms with Gasteiger partial charge in [-0.2, -0.15) is 5.10 Å². The quantitative estimate of drug-likeness (QED) is 0.712. The van der Waals surface area contributed by atoms with Gasteiger partial charge in [-0.15, -0.1) is 11.3 Å².